The average molecular weight is 226 g/mol. The largest absolute Gasteiger partial charge is 0.393 e. The van der Waals surface area contributed by atoms with Crippen LogP contribution in [0.15, 0.2) is 17.1 Å². The fraction of sp³-hybridized carbons (Fsp3) is 0.500. The fourth-order valence-electron chi connectivity index (χ4n) is 1.35. The summed E-state index contributed by atoms with van der Waals surface area (Å²) in [5.74, 6) is 0. The van der Waals surface area contributed by atoms with Gasteiger partial charge in [0, 0.05) is 18.2 Å². The first-order valence-electron chi connectivity index (χ1n) is 4.95. The Hall–Kier alpha value is -1.69. The van der Waals surface area contributed by atoms with Crippen LogP contribution in [0.5, 0.6) is 0 Å². The fourth-order valence-corrected chi connectivity index (χ4v) is 1.35. The molecule has 0 spiro atoms. The predicted octanol–water partition coefficient (Wildman–Crippen LogP) is 0.836. The molecule has 6 nitrogen and oxygen atoms in total. The number of pyridine rings is 1. The van der Waals surface area contributed by atoms with E-state index in [1.165, 1.54) is 23.8 Å². The summed E-state index contributed by atoms with van der Waals surface area (Å²) in [4.78, 5) is 21.6. The lowest BCUT2D eigenvalue weighted by Crippen LogP contribution is -2.21. The third-order valence-electron chi connectivity index (χ3n) is 2.29. The van der Waals surface area contributed by atoms with Gasteiger partial charge in [-0.1, -0.05) is 0 Å². The van der Waals surface area contributed by atoms with Crippen LogP contribution in [0.4, 0.5) is 5.69 Å². The highest BCUT2D eigenvalue weighted by atomic mass is 16.6. The summed E-state index contributed by atoms with van der Waals surface area (Å²) in [5.41, 5.74) is -0.0164. The lowest BCUT2D eigenvalue weighted by molar-refractivity contribution is -0.385. The average Bonchev–Trinajstić information content (AvgIpc) is 2.15. The molecule has 0 fully saturated rings. The van der Waals surface area contributed by atoms with Crippen molar-refractivity contribution in [3.8, 4) is 0 Å². The third kappa shape index (κ3) is 2.90. The Labute approximate surface area is 92.3 Å². The molecule has 1 heterocycles. The minimum atomic E-state index is -0.535. The van der Waals surface area contributed by atoms with Gasteiger partial charge in [0.15, 0.2) is 0 Å². The number of aliphatic hydroxyl groups excluding tert-OH is 1. The van der Waals surface area contributed by atoms with Crippen LogP contribution in [-0.4, -0.2) is 20.7 Å². The highest BCUT2D eigenvalue weighted by molar-refractivity contribution is 5.35. The molecule has 1 atom stereocenters. The molecule has 0 amide bonds. The molecule has 1 aromatic heterocycles. The van der Waals surface area contributed by atoms with Crippen LogP contribution < -0.4 is 5.56 Å². The van der Waals surface area contributed by atoms with Gasteiger partial charge in [-0.05, 0) is 20.3 Å². The quantitative estimate of drug-likeness (QED) is 0.608. The van der Waals surface area contributed by atoms with E-state index in [0.29, 0.717) is 12.0 Å². The van der Waals surface area contributed by atoms with Crippen molar-refractivity contribution < 1.29 is 10.0 Å². The summed E-state index contributed by atoms with van der Waals surface area (Å²) in [5, 5.41) is 19.8. The van der Waals surface area contributed by atoms with Gasteiger partial charge in [0.25, 0.3) is 11.2 Å². The Morgan fingerprint density at radius 3 is 2.75 bits per heavy atom. The number of hydrogen-bond donors (Lipinski definition) is 1. The molecule has 0 saturated heterocycles. The summed E-state index contributed by atoms with van der Waals surface area (Å²) in [6.45, 7) is 3.41. The number of aryl methyl sites for hydroxylation is 2. The zero-order valence-corrected chi connectivity index (χ0v) is 9.21. The zero-order valence-electron chi connectivity index (χ0n) is 9.21. The molecule has 6 heteroatoms. The molecule has 0 radical (unpaired) electrons. The monoisotopic (exact) mass is 226 g/mol. The predicted molar refractivity (Wildman–Crippen MR) is 58.4 cm³/mol. The van der Waals surface area contributed by atoms with Crippen LogP contribution in [0.1, 0.15) is 18.9 Å². The van der Waals surface area contributed by atoms with Crippen molar-refractivity contribution in [1.29, 1.82) is 0 Å². The van der Waals surface area contributed by atoms with Gasteiger partial charge in [0.1, 0.15) is 0 Å². The van der Waals surface area contributed by atoms with Crippen molar-refractivity contribution in [2.24, 2.45) is 0 Å². The molecular formula is C10H14N2O4. The van der Waals surface area contributed by atoms with E-state index in [2.05, 4.69) is 0 Å². The van der Waals surface area contributed by atoms with Crippen LogP contribution in [0.3, 0.4) is 0 Å². The number of nitro groups is 1. The maximum Gasteiger partial charge on any atom is 0.288 e. The Balaban J connectivity index is 3.05. The van der Waals surface area contributed by atoms with Gasteiger partial charge in [-0.3, -0.25) is 14.9 Å². The first kappa shape index (κ1) is 12.4. The van der Waals surface area contributed by atoms with Crippen molar-refractivity contribution in [3.05, 3.63) is 38.3 Å². The second kappa shape index (κ2) is 4.89. The Morgan fingerprint density at radius 1 is 1.62 bits per heavy atom. The molecular weight excluding hydrogens is 212 g/mol. The lowest BCUT2D eigenvalue weighted by atomic mass is 10.2. The SMILES string of the molecule is Cc1cc(=O)n(CCC(C)O)cc1[N+](=O)[O-]. The first-order chi connectivity index (χ1) is 7.41. The number of nitrogens with zero attached hydrogens (tertiary/aromatic N) is 2. The van der Waals surface area contributed by atoms with E-state index in [1.54, 1.807) is 6.92 Å². The van der Waals surface area contributed by atoms with E-state index in [1.807, 2.05) is 0 Å². The van der Waals surface area contributed by atoms with Crippen molar-refractivity contribution in [2.45, 2.75) is 32.9 Å². The molecule has 88 valence electrons. The summed E-state index contributed by atoms with van der Waals surface area (Å²) in [7, 11) is 0. The van der Waals surface area contributed by atoms with E-state index in [0.717, 1.165) is 0 Å². The Kier molecular flexibility index (Phi) is 3.78. The Morgan fingerprint density at radius 2 is 2.25 bits per heavy atom. The van der Waals surface area contributed by atoms with E-state index in [9.17, 15) is 14.9 Å². The number of aromatic nitrogens is 1. The van der Waals surface area contributed by atoms with Gasteiger partial charge < -0.3 is 9.67 Å². The molecule has 0 bridgehead atoms. The smallest absolute Gasteiger partial charge is 0.288 e. The van der Waals surface area contributed by atoms with E-state index < -0.39 is 11.0 Å². The number of hydrogen-bond acceptors (Lipinski definition) is 4. The molecule has 0 saturated carbocycles. The molecule has 0 aliphatic heterocycles. The van der Waals surface area contributed by atoms with Crippen molar-refractivity contribution in [2.75, 3.05) is 0 Å². The second-order valence-corrected chi connectivity index (χ2v) is 3.77. The van der Waals surface area contributed by atoms with Crippen LogP contribution in [0.2, 0.25) is 0 Å². The van der Waals surface area contributed by atoms with E-state index in [4.69, 9.17) is 5.11 Å². The first-order valence-corrected chi connectivity index (χ1v) is 4.95. The van der Waals surface area contributed by atoms with Crippen molar-refractivity contribution in [3.63, 3.8) is 0 Å². The zero-order chi connectivity index (χ0) is 12.3. The van der Waals surface area contributed by atoms with Gasteiger partial charge >= 0.3 is 0 Å². The van der Waals surface area contributed by atoms with Crippen LogP contribution in [0.25, 0.3) is 0 Å². The lowest BCUT2D eigenvalue weighted by Gasteiger charge is -2.07. The molecule has 1 aromatic rings. The maximum atomic E-state index is 11.5. The van der Waals surface area contributed by atoms with Crippen LogP contribution in [0, 0.1) is 17.0 Å². The number of aliphatic hydroxyl groups is 1. The summed E-state index contributed by atoms with van der Waals surface area (Å²) < 4.78 is 1.25. The maximum absolute atomic E-state index is 11.5. The topological polar surface area (TPSA) is 85.4 Å². The second-order valence-electron chi connectivity index (χ2n) is 3.77. The highest BCUT2D eigenvalue weighted by Crippen LogP contribution is 2.14. The van der Waals surface area contributed by atoms with Crippen molar-refractivity contribution in [1.82, 2.24) is 4.57 Å². The molecule has 1 unspecified atom stereocenters. The third-order valence-corrected chi connectivity index (χ3v) is 2.29. The van der Waals surface area contributed by atoms with E-state index >= 15 is 0 Å². The van der Waals surface area contributed by atoms with Gasteiger partial charge in [-0.2, -0.15) is 0 Å². The molecule has 0 aromatic carbocycles. The Bertz CT molecular complexity index is 451. The molecule has 0 aliphatic carbocycles. The van der Waals surface area contributed by atoms with Gasteiger partial charge in [0.2, 0.25) is 0 Å². The minimum absolute atomic E-state index is 0.0785. The molecule has 0 aliphatic rings. The summed E-state index contributed by atoms with van der Waals surface area (Å²) in [6.07, 6.45) is 1.08. The van der Waals surface area contributed by atoms with Gasteiger partial charge in [-0.15, -0.1) is 0 Å². The highest BCUT2D eigenvalue weighted by Gasteiger charge is 2.13. The molecule has 16 heavy (non-hydrogen) atoms. The van der Waals surface area contributed by atoms with Crippen LogP contribution in [-0.2, 0) is 6.54 Å². The molecule has 1 N–H and O–H groups in total. The normalized spacial score (nSPS) is 12.4. The number of rotatable bonds is 4. The van der Waals surface area contributed by atoms with E-state index in [-0.39, 0.29) is 17.8 Å². The van der Waals surface area contributed by atoms with Gasteiger partial charge in [-0.25, -0.2) is 0 Å². The van der Waals surface area contributed by atoms with Gasteiger partial charge in [0.05, 0.1) is 17.2 Å². The summed E-state index contributed by atoms with van der Waals surface area (Å²) in [6, 6.07) is 1.24. The minimum Gasteiger partial charge on any atom is -0.393 e. The summed E-state index contributed by atoms with van der Waals surface area (Å²) >= 11 is 0. The van der Waals surface area contributed by atoms with Crippen molar-refractivity contribution >= 4 is 5.69 Å². The molecule has 1 rings (SSSR count). The van der Waals surface area contributed by atoms with Crippen LogP contribution >= 0.6 is 0 Å². The standard InChI is InChI=1S/C10H14N2O4/c1-7-5-10(14)11(4-3-8(2)13)6-9(7)12(15)16/h5-6,8,13H,3-4H2,1-2H3.